The monoisotopic (exact) mass is 478 g/mol. The summed E-state index contributed by atoms with van der Waals surface area (Å²) in [5.74, 6) is 0. The molecule has 0 spiro atoms. The van der Waals surface area contributed by atoms with Gasteiger partial charge in [0.05, 0.1) is 0 Å². The largest absolute Gasteiger partial charge is 0.0915 e. The Bertz CT molecular complexity index is 1110. The van der Waals surface area contributed by atoms with Crippen molar-refractivity contribution in [1.82, 2.24) is 0 Å². The number of aryl methyl sites for hydroxylation is 1. The number of unbranched alkanes of at least 4 members (excludes halogenated alkanes) is 4. The molecule has 0 saturated carbocycles. The second kappa shape index (κ2) is 13.4. The van der Waals surface area contributed by atoms with Crippen LogP contribution in [0.1, 0.15) is 96.3 Å². The van der Waals surface area contributed by atoms with Crippen molar-refractivity contribution in [2.45, 2.75) is 86.0 Å². The van der Waals surface area contributed by atoms with E-state index in [0.29, 0.717) is 0 Å². The van der Waals surface area contributed by atoms with Gasteiger partial charge in [-0.05, 0) is 82.6 Å². The van der Waals surface area contributed by atoms with E-state index in [9.17, 15) is 0 Å². The first kappa shape index (κ1) is 27.7. The second-order valence-electron chi connectivity index (χ2n) is 10.8. The topological polar surface area (TPSA) is 0 Å². The molecule has 1 aliphatic carbocycles. The molecule has 0 nitrogen and oxygen atoms in total. The van der Waals surface area contributed by atoms with Gasteiger partial charge in [0.15, 0.2) is 0 Å². The zero-order valence-corrected chi connectivity index (χ0v) is 23.4. The van der Waals surface area contributed by atoms with E-state index in [-0.39, 0.29) is 5.41 Å². The first-order chi connectivity index (χ1) is 17.4. The van der Waals surface area contributed by atoms with Crippen LogP contribution in [0.3, 0.4) is 0 Å². The summed E-state index contributed by atoms with van der Waals surface area (Å²) >= 11 is 0. The molecule has 0 fully saturated rings. The molecule has 0 aliphatic heterocycles. The van der Waals surface area contributed by atoms with Crippen molar-refractivity contribution in [2.75, 3.05) is 0 Å². The van der Waals surface area contributed by atoms with E-state index in [1.165, 1.54) is 77.5 Å². The van der Waals surface area contributed by atoms with Crippen molar-refractivity contribution in [2.24, 2.45) is 5.41 Å². The lowest BCUT2D eigenvalue weighted by atomic mass is 9.65. The lowest BCUT2D eigenvalue weighted by Crippen LogP contribution is -2.24. The summed E-state index contributed by atoms with van der Waals surface area (Å²) in [6, 6.07) is 19.9. The molecule has 1 aliphatic rings. The van der Waals surface area contributed by atoms with Crippen molar-refractivity contribution < 1.29 is 0 Å². The fourth-order valence-corrected chi connectivity index (χ4v) is 5.48. The smallest absolute Gasteiger partial charge is 0.00600 e. The molecule has 190 valence electrons. The third-order valence-corrected chi connectivity index (χ3v) is 7.38. The number of benzene rings is 2. The Balaban J connectivity index is 1.88. The van der Waals surface area contributed by atoms with Crippen LogP contribution in [0.4, 0.5) is 0 Å². The Hall–Kier alpha value is -2.86. The summed E-state index contributed by atoms with van der Waals surface area (Å²) in [6.07, 6.45) is 19.0. The van der Waals surface area contributed by atoms with Crippen molar-refractivity contribution in [3.63, 3.8) is 0 Å². The normalized spacial score (nSPS) is 17.9. The summed E-state index contributed by atoms with van der Waals surface area (Å²) in [5.41, 5.74) is 10.6. The van der Waals surface area contributed by atoms with Crippen LogP contribution in [0.25, 0.3) is 11.6 Å². The Morgan fingerprint density at radius 1 is 0.917 bits per heavy atom. The van der Waals surface area contributed by atoms with Gasteiger partial charge in [0, 0.05) is 0 Å². The Kier molecular flexibility index (Phi) is 10.4. The highest BCUT2D eigenvalue weighted by Crippen LogP contribution is 2.51. The van der Waals surface area contributed by atoms with Gasteiger partial charge in [-0.25, -0.2) is 0 Å². The van der Waals surface area contributed by atoms with Crippen LogP contribution in [0.15, 0.2) is 102 Å². The van der Waals surface area contributed by atoms with Gasteiger partial charge < -0.3 is 0 Å². The van der Waals surface area contributed by atoms with Gasteiger partial charge in [-0.15, -0.1) is 0 Å². The highest BCUT2D eigenvalue weighted by Gasteiger charge is 2.35. The second-order valence-corrected chi connectivity index (χ2v) is 10.8. The molecule has 0 heterocycles. The van der Waals surface area contributed by atoms with E-state index in [2.05, 4.69) is 120 Å². The summed E-state index contributed by atoms with van der Waals surface area (Å²) in [6.45, 7) is 16.0. The predicted octanol–water partition coefficient (Wildman–Crippen LogP) is 10.9. The molecule has 2 aromatic carbocycles. The number of hydrogen-bond donors (Lipinski definition) is 0. The van der Waals surface area contributed by atoms with Gasteiger partial charge in [-0.1, -0.05) is 139 Å². The van der Waals surface area contributed by atoms with Crippen molar-refractivity contribution in [1.29, 1.82) is 0 Å². The average Bonchev–Trinajstić information content (AvgIpc) is 2.88. The minimum atomic E-state index is 0.0684. The maximum atomic E-state index is 4.57. The van der Waals surface area contributed by atoms with E-state index in [1.54, 1.807) is 0 Å². The van der Waals surface area contributed by atoms with Gasteiger partial charge in [0.25, 0.3) is 0 Å². The van der Waals surface area contributed by atoms with Crippen LogP contribution in [0.5, 0.6) is 0 Å². The van der Waals surface area contributed by atoms with Gasteiger partial charge in [-0.3, -0.25) is 0 Å². The number of rotatable bonds is 11. The SMILES string of the molecule is C=C(/C=C/c1ccc(CCCCCCC)cc1)C1=C(c2ccccc2)C(=C/CC)/C(=C\C)C(C)(C)C1. The van der Waals surface area contributed by atoms with Gasteiger partial charge >= 0.3 is 0 Å². The highest BCUT2D eigenvalue weighted by molar-refractivity contribution is 5.90. The summed E-state index contributed by atoms with van der Waals surface area (Å²) in [4.78, 5) is 0. The fourth-order valence-electron chi connectivity index (χ4n) is 5.48. The molecule has 0 amide bonds. The molecular formula is C36H46. The molecule has 0 atom stereocenters. The molecule has 0 saturated heterocycles. The van der Waals surface area contributed by atoms with Crippen LogP contribution >= 0.6 is 0 Å². The summed E-state index contributed by atoms with van der Waals surface area (Å²) < 4.78 is 0. The lowest BCUT2D eigenvalue weighted by molar-refractivity contribution is 0.444. The minimum absolute atomic E-state index is 0.0684. The fraction of sp³-hybridized carbons (Fsp3) is 0.389. The number of allylic oxidation sites excluding steroid dienone is 8. The first-order valence-electron chi connectivity index (χ1n) is 14.0. The molecule has 0 heteroatoms. The molecule has 0 aromatic heterocycles. The zero-order chi connectivity index (χ0) is 26.0. The van der Waals surface area contributed by atoms with Crippen LogP contribution in [0.2, 0.25) is 0 Å². The molecule has 0 bridgehead atoms. The van der Waals surface area contributed by atoms with E-state index in [4.69, 9.17) is 0 Å². The molecule has 0 unspecified atom stereocenters. The van der Waals surface area contributed by atoms with Crippen LogP contribution in [0, 0.1) is 5.41 Å². The van der Waals surface area contributed by atoms with E-state index < -0.39 is 0 Å². The minimum Gasteiger partial charge on any atom is -0.0915 e. The van der Waals surface area contributed by atoms with Crippen molar-refractivity contribution >= 4 is 11.6 Å². The molecule has 3 rings (SSSR count). The first-order valence-corrected chi connectivity index (χ1v) is 14.0. The highest BCUT2D eigenvalue weighted by atomic mass is 14.4. The van der Waals surface area contributed by atoms with E-state index in [1.807, 2.05) is 0 Å². The molecular weight excluding hydrogens is 432 g/mol. The third kappa shape index (κ3) is 7.10. The van der Waals surface area contributed by atoms with Crippen LogP contribution in [-0.2, 0) is 6.42 Å². The average molecular weight is 479 g/mol. The van der Waals surface area contributed by atoms with Gasteiger partial charge in [-0.2, -0.15) is 0 Å². The van der Waals surface area contributed by atoms with Crippen molar-refractivity contribution in [3.05, 3.63) is 118 Å². The summed E-state index contributed by atoms with van der Waals surface area (Å²) in [5, 5.41) is 0. The van der Waals surface area contributed by atoms with E-state index >= 15 is 0 Å². The predicted molar refractivity (Wildman–Crippen MR) is 161 cm³/mol. The Morgan fingerprint density at radius 3 is 2.25 bits per heavy atom. The maximum Gasteiger partial charge on any atom is -0.00600 e. The van der Waals surface area contributed by atoms with Gasteiger partial charge in [0.2, 0.25) is 0 Å². The maximum absolute atomic E-state index is 4.57. The zero-order valence-electron chi connectivity index (χ0n) is 23.4. The molecule has 2 aromatic rings. The third-order valence-electron chi connectivity index (χ3n) is 7.38. The Labute approximate surface area is 221 Å². The molecule has 0 N–H and O–H groups in total. The quantitative estimate of drug-likeness (QED) is 0.222. The lowest BCUT2D eigenvalue weighted by Gasteiger charge is -2.39. The Morgan fingerprint density at radius 2 is 1.61 bits per heavy atom. The standard InChI is InChI=1S/C36H46/c1-7-10-11-12-14-18-29-23-25-30(26-24-29)22-21-28(4)33-27-36(5,6)34(9-3)32(17-8-2)35(33)31-19-15-13-16-20-31/h9,13,15-17,19-26H,4,7-8,10-12,14,18,27H2,1-3,5-6H3/b22-21+,32-17+,34-9+. The van der Waals surface area contributed by atoms with Crippen molar-refractivity contribution in [3.8, 4) is 0 Å². The van der Waals surface area contributed by atoms with Crippen LogP contribution < -0.4 is 0 Å². The summed E-state index contributed by atoms with van der Waals surface area (Å²) in [7, 11) is 0. The number of hydrogen-bond acceptors (Lipinski definition) is 0. The van der Waals surface area contributed by atoms with E-state index in [0.717, 1.165) is 18.4 Å². The van der Waals surface area contributed by atoms with Crippen LogP contribution in [-0.4, -0.2) is 0 Å². The molecule has 36 heavy (non-hydrogen) atoms. The molecule has 0 radical (unpaired) electrons. The van der Waals surface area contributed by atoms with Gasteiger partial charge in [0.1, 0.15) is 0 Å².